The van der Waals surface area contributed by atoms with E-state index in [1.165, 1.54) is 30.3 Å². The van der Waals surface area contributed by atoms with E-state index in [-0.39, 0.29) is 28.0 Å². The molecule has 1 saturated heterocycles. The molecule has 1 aliphatic rings. The van der Waals surface area contributed by atoms with Crippen molar-refractivity contribution in [3.8, 4) is 11.5 Å². The van der Waals surface area contributed by atoms with Crippen LogP contribution in [-0.4, -0.2) is 39.0 Å². The number of carbonyl (C=O) groups excluding carboxylic acids is 1. The molecule has 1 aromatic heterocycles. The van der Waals surface area contributed by atoms with Crippen LogP contribution in [0.15, 0.2) is 46.9 Å². The predicted octanol–water partition coefficient (Wildman–Crippen LogP) is 4.46. The summed E-state index contributed by atoms with van der Waals surface area (Å²) in [5.41, 5.74) is 0.325. The number of nitro groups is 1. The largest absolute Gasteiger partial charge is 0.420 e. The van der Waals surface area contributed by atoms with Gasteiger partial charge in [-0.1, -0.05) is 11.6 Å². The molecule has 8 nitrogen and oxygen atoms in total. The van der Waals surface area contributed by atoms with Crippen LogP contribution in [0.1, 0.15) is 35.0 Å². The number of halogens is 2. The van der Waals surface area contributed by atoms with Gasteiger partial charge in [-0.25, -0.2) is 4.39 Å². The highest BCUT2D eigenvalue weighted by Gasteiger charge is 2.31. The molecule has 0 spiro atoms. The van der Waals surface area contributed by atoms with Crippen molar-refractivity contribution in [2.45, 2.75) is 18.8 Å². The average Bonchev–Trinajstić information content (AvgIpc) is 3.24. The Morgan fingerprint density at radius 1 is 1.17 bits per heavy atom. The van der Waals surface area contributed by atoms with E-state index in [0.717, 1.165) is 0 Å². The molecule has 0 bridgehead atoms. The number of likely N-dealkylation sites (tertiary alicyclic amines) is 1. The van der Waals surface area contributed by atoms with Crippen LogP contribution >= 0.6 is 11.6 Å². The fraction of sp³-hybridized carbons (Fsp3) is 0.250. The Labute approximate surface area is 175 Å². The number of carbonyl (C=O) groups is 1. The van der Waals surface area contributed by atoms with Crippen molar-refractivity contribution >= 4 is 23.2 Å². The molecule has 2 heterocycles. The Hall–Kier alpha value is -3.33. The third-order valence-electron chi connectivity index (χ3n) is 5.05. The number of piperidine rings is 1. The van der Waals surface area contributed by atoms with Gasteiger partial charge in [0.05, 0.1) is 4.92 Å². The second kappa shape index (κ2) is 8.19. The second-order valence-electron chi connectivity index (χ2n) is 6.94. The Morgan fingerprint density at radius 2 is 1.87 bits per heavy atom. The molecule has 1 amide bonds. The molecule has 10 heteroatoms. The average molecular weight is 431 g/mol. The lowest BCUT2D eigenvalue weighted by Gasteiger charge is -2.30. The highest BCUT2D eigenvalue weighted by atomic mass is 35.5. The summed E-state index contributed by atoms with van der Waals surface area (Å²) < 4.78 is 18.8. The summed E-state index contributed by atoms with van der Waals surface area (Å²) >= 11 is 5.93. The molecule has 1 aliphatic heterocycles. The highest BCUT2D eigenvalue weighted by Crippen LogP contribution is 2.31. The molecule has 1 fully saturated rings. The molecule has 4 rings (SSSR count). The van der Waals surface area contributed by atoms with Crippen LogP contribution in [0.4, 0.5) is 10.1 Å². The number of nitro benzene ring substituents is 1. The fourth-order valence-electron chi connectivity index (χ4n) is 3.45. The van der Waals surface area contributed by atoms with Crippen LogP contribution in [0.5, 0.6) is 0 Å². The van der Waals surface area contributed by atoms with Crippen LogP contribution in [0.3, 0.4) is 0 Å². The summed E-state index contributed by atoms with van der Waals surface area (Å²) in [5.74, 6) is -0.0611. The van der Waals surface area contributed by atoms with E-state index in [0.29, 0.717) is 43.3 Å². The van der Waals surface area contributed by atoms with Crippen LogP contribution in [0, 0.1) is 15.9 Å². The van der Waals surface area contributed by atoms with Crippen molar-refractivity contribution in [3.63, 3.8) is 0 Å². The van der Waals surface area contributed by atoms with Gasteiger partial charge < -0.3 is 9.32 Å². The molecular formula is C20H16ClFN4O4. The zero-order chi connectivity index (χ0) is 21.3. The van der Waals surface area contributed by atoms with Crippen molar-refractivity contribution in [2.75, 3.05) is 13.1 Å². The first-order valence-corrected chi connectivity index (χ1v) is 9.62. The van der Waals surface area contributed by atoms with Gasteiger partial charge in [-0.05, 0) is 49.2 Å². The van der Waals surface area contributed by atoms with E-state index in [1.807, 2.05) is 0 Å². The maximum atomic E-state index is 13.1. The molecule has 0 N–H and O–H groups in total. The molecule has 0 atom stereocenters. The number of nitrogens with zero attached hydrogens (tertiary/aromatic N) is 4. The number of benzene rings is 2. The van der Waals surface area contributed by atoms with Gasteiger partial charge in [0.1, 0.15) is 11.4 Å². The quantitative estimate of drug-likeness (QED) is 0.447. The molecule has 0 saturated carbocycles. The van der Waals surface area contributed by atoms with Crippen LogP contribution in [0.2, 0.25) is 5.02 Å². The first kappa shape index (κ1) is 20.0. The van der Waals surface area contributed by atoms with E-state index < -0.39 is 10.8 Å². The van der Waals surface area contributed by atoms with Gasteiger partial charge in [0.25, 0.3) is 11.6 Å². The number of rotatable bonds is 4. The Bertz CT molecular complexity index is 1090. The monoisotopic (exact) mass is 430 g/mol. The first-order valence-electron chi connectivity index (χ1n) is 9.25. The van der Waals surface area contributed by atoms with E-state index in [4.69, 9.17) is 16.0 Å². The van der Waals surface area contributed by atoms with Crippen molar-refractivity contribution < 1.29 is 18.5 Å². The lowest BCUT2D eigenvalue weighted by molar-refractivity contribution is -0.385. The molecule has 0 aliphatic carbocycles. The topological polar surface area (TPSA) is 102 Å². The minimum atomic E-state index is -0.592. The molecule has 2 aromatic carbocycles. The minimum absolute atomic E-state index is 0.0256. The molecule has 3 aromatic rings. The highest BCUT2D eigenvalue weighted by molar-refractivity contribution is 6.31. The zero-order valence-electron chi connectivity index (χ0n) is 15.6. The van der Waals surface area contributed by atoms with E-state index >= 15 is 0 Å². The molecule has 0 radical (unpaired) electrons. The third-order valence-corrected chi connectivity index (χ3v) is 5.28. The fourth-order valence-corrected chi connectivity index (χ4v) is 3.62. The minimum Gasteiger partial charge on any atom is -0.420 e. The summed E-state index contributed by atoms with van der Waals surface area (Å²) in [7, 11) is 0. The molecule has 0 unspecified atom stereocenters. The number of hydrogen-bond donors (Lipinski definition) is 0. The SMILES string of the molecule is O=C(c1cc(Cl)ccc1[N+](=O)[O-])N1CCC(c2nnc(-c3ccc(F)cc3)o2)CC1. The van der Waals surface area contributed by atoms with E-state index in [1.54, 1.807) is 17.0 Å². The Morgan fingerprint density at radius 3 is 2.53 bits per heavy atom. The summed E-state index contributed by atoms with van der Waals surface area (Å²) in [6, 6.07) is 9.70. The smallest absolute Gasteiger partial charge is 0.282 e. The van der Waals surface area contributed by atoms with Crippen molar-refractivity contribution in [2.24, 2.45) is 0 Å². The maximum Gasteiger partial charge on any atom is 0.282 e. The van der Waals surface area contributed by atoms with Gasteiger partial charge in [-0.2, -0.15) is 0 Å². The Balaban J connectivity index is 1.45. The maximum absolute atomic E-state index is 13.1. The first-order chi connectivity index (χ1) is 14.4. The van der Waals surface area contributed by atoms with Gasteiger partial charge in [0.2, 0.25) is 11.8 Å². The molecular weight excluding hydrogens is 415 g/mol. The third kappa shape index (κ3) is 4.02. The van der Waals surface area contributed by atoms with Crippen LogP contribution in [0.25, 0.3) is 11.5 Å². The standard InChI is InChI=1S/C20H16ClFN4O4/c21-14-3-6-17(26(28)29)16(11-14)20(27)25-9-7-13(8-10-25)19-24-23-18(30-19)12-1-4-15(22)5-2-12/h1-6,11,13H,7-10H2. The zero-order valence-corrected chi connectivity index (χ0v) is 16.4. The Kier molecular flexibility index (Phi) is 5.45. The lowest BCUT2D eigenvalue weighted by Crippen LogP contribution is -2.38. The number of aromatic nitrogens is 2. The number of amides is 1. The van der Waals surface area contributed by atoms with Crippen molar-refractivity contribution in [1.29, 1.82) is 0 Å². The van der Waals surface area contributed by atoms with E-state index in [9.17, 15) is 19.3 Å². The predicted molar refractivity (Wildman–Crippen MR) is 106 cm³/mol. The normalized spacial score (nSPS) is 14.7. The summed E-state index contributed by atoms with van der Waals surface area (Å²) in [5, 5.41) is 19.6. The van der Waals surface area contributed by atoms with Gasteiger partial charge in [0.15, 0.2) is 0 Å². The second-order valence-corrected chi connectivity index (χ2v) is 7.37. The van der Waals surface area contributed by atoms with Crippen LogP contribution in [-0.2, 0) is 0 Å². The molecule has 30 heavy (non-hydrogen) atoms. The van der Waals surface area contributed by atoms with Crippen LogP contribution < -0.4 is 0 Å². The lowest BCUT2D eigenvalue weighted by atomic mass is 9.96. The van der Waals surface area contributed by atoms with Gasteiger partial charge in [0, 0.05) is 35.7 Å². The van der Waals surface area contributed by atoms with Crippen molar-refractivity contribution in [3.05, 3.63) is 74.9 Å². The van der Waals surface area contributed by atoms with Gasteiger partial charge in [-0.15, -0.1) is 10.2 Å². The van der Waals surface area contributed by atoms with Crippen molar-refractivity contribution in [1.82, 2.24) is 15.1 Å². The summed E-state index contributed by atoms with van der Waals surface area (Å²) in [6.45, 7) is 0.781. The van der Waals surface area contributed by atoms with Gasteiger partial charge >= 0.3 is 0 Å². The summed E-state index contributed by atoms with van der Waals surface area (Å²) in [6.07, 6.45) is 1.15. The summed E-state index contributed by atoms with van der Waals surface area (Å²) in [4.78, 5) is 25.0. The number of hydrogen-bond acceptors (Lipinski definition) is 6. The molecule has 154 valence electrons. The van der Waals surface area contributed by atoms with E-state index in [2.05, 4.69) is 10.2 Å². The van der Waals surface area contributed by atoms with Gasteiger partial charge in [-0.3, -0.25) is 14.9 Å².